The van der Waals surface area contributed by atoms with E-state index in [9.17, 15) is 0 Å². The van der Waals surface area contributed by atoms with E-state index in [2.05, 4.69) is 37.4 Å². The molecule has 1 rings (SSSR count). The average Bonchev–Trinajstić information content (AvgIpc) is 2.04. The van der Waals surface area contributed by atoms with E-state index in [0.29, 0.717) is 0 Å². The van der Waals surface area contributed by atoms with E-state index in [0.717, 1.165) is 6.42 Å². The molecule has 1 aromatic rings. The summed E-state index contributed by atoms with van der Waals surface area (Å²) in [5.41, 5.74) is 3.96. The predicted molar refractivity (Wildman–Crippen MR) is 56.5 cm³/mol. The van der Waals surface area contributed by atoms with Crippen molar-refractivity contribution in [3.8, 4) is 0 Å². The molecule has 0 amide bonds. The molecule has 0 aliphatic heterocycles. The molecule has 0 aliphatic rings. The molecule has 13 heavy (non-hydrogen) atoms. The molecule has 2 heteroatoms. The monoisotopic (exact) mass is 253 g/mol. The summed E-state index contributed by atoms with van der Waals surface area (Å²) in [5, 5.41) is 3.19. The molecular weight excluding hydrogens is 235 g/mol. The van der Waals surface area contributed by atoms with Gasteiger partial charge in [-0.3, -0.25) is 0 Å². The summed E-state index contributed by atoms with van der Waals surface area (Å²) in [6, 6.07) is 6.51. The number of nitrogens with one attached hydrogen (secondary N) is 1. The Morgan fingerprint density at radius 1 is 1.31 bits per heavy atom. The van der Waals surface area contributed by atoms with Crippen LogP contribution in [0.4, 0.5) is 5.69 Å². The number of aryl methyl sites for hydroxylation is 2. The van der Waals surface area contributed by atoms with Crippen LogP contribution < -0.4 is 5.32 Å². The first kappa shape index (κ1) is 15.6. The SMILES string of the molecule is CCc1ccc(C)cc1NC.[CH3-].[Y]. The number of rotatable bonds is 2. The van der Waals surface area contributed by atoms with Gasteiger partial charge in [-0.2, -0.15) is 0 Å². The second-order valence-electron chi connectivity index (χ2n) is 2.76. The Bertz CT molecular complexity index is 246. The van der Waals surface area contributed by atoms with Crippen LogP contribution in [0.3, 0.4) is 0 Å². The van der Waals surface area contributed by atoms with Crippen LogP contribution in [-0.4, -0.2) is 7.05 Å². The summed E-state index contributed by atoms with van der Waals surface area (Å²) in [7, 11) is 1.97. The molecule has 0 heterocycles. The molecule has 0 saturated heterocycles. The van der Waals surface area contributed by atoms with Gasteiger partial charge in [0.05, 0.1) is 0 Å². The van der Waals surface area contributed by atoms with Gasteiger partial charge in [0, 0.05) is 45.4 Å². The molecule has 71 valence electrons. The number of hydrogen-bond acceptors (Lipinski definition) is 1. The van der Waals surface area contributed by atoms with Gasteiger partial charge < -0.3 is 12.7 Å². The van der Waals surface area contributed by atoms with Gasteiger partial charge in [-0.25, -0.2) is 0 Å². The first-order valence-corrected chi connectivity index (χ1v) is 4.05. The van der Waals surface area contributed by atoms with E-state index in [4.69, 9.17) is 0 Å². The summed E-state index contributed by atoms with van der Waals surface area (Å²) < 4.78 is 0. The summed E-state index contributed by atoms with van der Waals surface area (Å²) in [6.07, 6.45) is 1.09. The van der Waals surface area contributed by atoms with E-state index in [-0.39, 0.29) is 40.1 Å². The van der Waals surface area contributed by atoms with E-state index in [1.807, 2.05) is 7.05 Å². The second kappa shape index (κ2) is 7.52. The predicted octanol–water partition coefficient (Wildman–Crippen LogP) is 3.05. The number of benzene rings is 1. The summed E-state index contributed by atoms with van der Waals surface area (Å²) in [5.74, 6) is 0. The average molecular weight is 253 g/mol. The Labute approximate surface area is 107 Å². The molecule has 0 atom stereocenters. The molecule has 0 aliphatic carbocycles. The Morgan fingerprint density at radius 3 is 2.38 bits per heavy atom. The first-order valence-electron chi connectivity index (χ1n) is 4.05. The van der Waals surface area contributed by atoms with Gasteiger partial charge in [-0.1, -0.05) is 19.1 Å². The first-order chi connectivity index (χ1) is 5.27. The van der Waals surface area contributed by atoms with Crippen molar-refractivity contribution in [1.29, 1.82) is 0 Å². The fourth-order valence-electron chi connectivity index (χ4n) is 1.23. The van der Waals surface area contributed by atoms with E-state index < -0.39 is 0 Å². The molecule has 1 aromatic carbocycles. The smallest absolute Gasteiger partial charge is 0.0372 e. The normalized spacial score (nSPS) is 8.23. The molecule has 0 aromatic heterocycles. The Morgan fingerprint density at radius 2 is 1.92 bits per heavy atom. The third-order valence-electron chi connectivity index (χ3n) is 1.92. The number of anilines is 1. The standard InChI is InChI=1S/C10H15N.CH3.Y/c1-4-9-6-5-8(2)7-10(9)11-3;;/h5-7,11H,4H2,1-3H3;1H3;/q;-1;. The zero-order chi connectivity index (χ0) is 8.27. The maximum absolute atomic E-state index is 3.19. The molecular formula is C11H18NY-. The minimum absolute atomic E-state index is 0. The Balaban J connectivity index is 0. The summed E-state index contributed by atoms with van der Waals surface area (Å²) in [4.78, 5) is 0. The minimum atomic E-state index is 0. The van der Waals surface area contributed by atoms with Gasteiger partial charge in [0.1, 0.15) is 0 Å². The van der Waals surface area contributed by atoms with E-state index >= 15 is 0 Å². The van der Waals surface area contributed by atoms with Crippen molar-refractivity contribution in [2.45, 2.75) is 20.3 Å². The molecule has 1 nitrogen and oxygen atoms in total. The van der Waals surface area contributed by atoms with Crippen LogP contribution in [0.1, 0.15) is 18.1 Å². The Hall–Kier alpha value is 0.124. The maximum Gasteiger partial charge on any atom is 0.0372 e. The van der Waals surface area contributed by atoms with Crippen molar-refractivity contribution < 1.29 is 32.7 Å². The van der Waals surface area contributed by atoms with Gasteiger partial charge >= 0.3 is 0 Å². The molecule has 0 spiro atoms. The molecule has 0 fully saturated rings. The van der Waals surface area contributed by atoms with Crippen LogP contribution in [0, 0.1) is 14.4 Å². The van der Waals surface area contributed by atoms with E-state index in [1.54, 1.807) is 0 Å². The topological polar surface area (TPSA) is 12.0 Å². The molecule has 0 saturated carbocycles. The molecule has 1 radical (unpaired) electrons. The van der Waals surface area contributed by atoms with Crippen molar-refractivity contribution in [2.75, 3.05) is 12.4 Å². The number of hydrogen-bond donors (Lipinski definition) is 1. The minimum Gasteiger partial charge on any atom is -0.388 e. The zero-order valence-electron chi connectivity index (χ0n) is 9.02. The van der Waals surface area contributed by atoms with Crippen LogP contribution in [-0.2, 0) is 39.1 Å². The largest absolute Gasteiger partial charge is 0.388 e. The fourth-order valence-corrected chi connectivity index (χ4v) is 1.23. The zero-order valence-corrected chi connectivity index (χ0v) is 11.9. The van der Waals surface area contributed by atoms with Gasteiger partial charge in [0.2, 0.25) is 0 Å². The van der Waals surface area contributed by atoms with Gasteiger partial charge in [-0.05, 0) is 30.5 Å². The van der Waals surface area contributed by atoms with Crippen LogP contribution in [0.5, 0.6) is 0 Å². The van der Waals surface area contributed by atoms with Crippen LogP contribution in [0.2, 0.25) is 0 Å². The fraction of sp³-hybridized carbons (Fsp3) is 0.364. The third-order valence-corrected chi connectivity index (χ3v) is 1.92. The maximum atomic E-state index is 3.19. The summed E-state index contributed by atoms with van der Waals surface area (Å²) in [6.45, 7) is 4.28. The molecule has 1 N–H and O–H groups in total. The quantitative estimate of drug-likeness (QED) is 0.799. The van der Waals surface area contributed by atoms with Gasteiger partial charge in [0.25, 0.3) is 0 Å². The van der Waals surface area contributed by atoms with Crippen molar-refractivity contribution in [1.82, 2.24) is 0 Å². The van der Waals surface area contributed by atoms with Gasteiger partial charge in [-0.15, -0.1) is 0 Å². The molecule has 0 unspecified atom stereocenters. The second-order valence-corrected chi connectivity index (χ2v) is 2.76. The van der Waals surface area contributed by atoms with Crippen molar-refractivity contribution in [3.63, 3.8) is 0 Å². The van der Waals surface area contributed by atoms with Crippen LogP contribution in [0.15, 0.2) is 18.2 Å². The van der Waals surface area contributed by atoms with Crippen molar-refractivity contribution in [3.05, 3.63) is 36.8 Å². The van der Waals surface area contributed by atoms with Crippen molar-refractivity contribution >= 4 is 5.69 Å². The van der Waals surface area contributed by atoms with E-state index in [1.165, 1.54) is 16.8 Å². The van der Waals surface area contributed by atoms with Crippen LogP contribution >= 0.6 is 0 Å². The van der Waals surface area contributed by atoms with Crippen LogP contribution in [0.25, 0.3) is 0 Å². The van der Waals surface area contributed by atoms with Crippen molar-refractivity contribution in [2.24, 2.45) is 0 Å². The molecule has 0 bridgehead atoms. The summed E-state index contributed by atoms with van der Waals surface area (Å²) >= 11 is 0. The van der Waals surface area contributed by atoms with Gasteiger partial charge in [0.15, 0.2) is 0 Å². The Kier molecular flexibility index (Phi) is 9.02. The third kappa shape index (κ3) is 4.24.